The van der Waals surface area contributed by atoms with Crippen molar-refractivity contribution >= 4 is 40.3 Å². The number of anilines is 2. The molecule has 2 aromatic heterocycles. The molecular weight excluding hydrogens is 562 g/mol. The Morgan fingerprint density at radius 3 is 2.00 bits per heavy atom. The molecule has 0 spiro atoms. The minimum atomic E-state index is -4.96. The third kappa shape index (κ3) is 4.74. The minimum Gasteiger partial charge on any atom is -0.457 e. The van der Waals surface area contributed by atoms with E-state index in [2.05, 4.69) is 15.2 Å². The Balaban J connectivity index is 1.26. The number of H-pyrrole nitrogens is 1. The van der Waals surface area contributed by atoms with Gasteiger partial charge in [-0.05, 0) is 72.8 Å². The van der Waals surface area contributed by atoms with Gasteiger partial charge in [-0.25, -0.2) is 24.0 Å². The van der Waals surface area contributed by atoms with E-state index in [1.165, 1.54) is 36.7 Å². The molecule has 0 aliphatic carbocycles. The maximum atomic E-state index is 13.9. The number of aromatic nitrogens is 3. The summed E-state index contributed by atoms with van der Waals surface area (Å²) in [7, 11) is 0. The van der Waals surface area contributed by atoms with E-state index >= 15 is 0 Å². The molecule has 0 saturated carbocycles. The second kappa shape index (κ2) is 9.99. The van der Waals surface area contributed by atoms with E-state index in [0.29, 0.717) is 38.4 Å². The molecule has 10 nitrogen and oxygen atoms in total. The Hall–Kier alpha value is -5.79. The summed E-state index contributed by atoms with van der Waals surface area (Å²) < 4.78 is 66.1. The number of urea groups is 1. The van der Waals surface area contributed by atoms with Gasteiger partial charge in [-0.15, -0.1) is 0 Å². The van der Waals surface area contributed by atoms with Gasteiger partial charge in [-0.3, -0.25) is 14.7 Å². The number of nitrogens with one attached hydrogen (secondary N) is 1. The zero-order chi connectivity index (χ0) is 29.6. The number of benzene rings is 3. The number of aromatic amines is 1. The van der Waals surface area contributed by atoms with Crippen LogP contribution in [0.3, 0.4) is 0 Å². The summed E-state index contributed by atoms with van der Waals surface area (Å²) in [6.45, 7) is 0. The zero-order valence-electron chi connectivity index (χ0n) is 20.9. The summed E-state index contributed by atoms with van der Waals surface area (Å²) in [6, 6.07) is 12.8. The first-order valence-electron chi connectivity index (χ1n) is 12.0. The van der Waals surface area contributed by atoms with Crippen molar-refractivity contribution in [2.45, 2.75) is 6.18 Å². The fraction of sp³-hybridized carbons (Fsp3) is 0.0357. The summed E-state index contributed by atoms with van der Waals surface area (Å²) in [5.74, 6) is -3.19. The van der Waals surface area contributed by atoms with Crippen molar-refractivity contribution in [2.75, 3.05) is 9.80 Å². The number of carbonyl (C=O) groups excluding carboxylic acids is 3. The maximum Gasteiger partial charge on any atom is 0.420 e. The van der Waals surface area contributed by atoms with E-state index in [1.54, 1.807) is 6.07 Å². The number of carbonyl (C=O) groups is 3. The normalized spacial score (nSPS) is 13.8. The minimum absolute atomic E-state index is 0.0105. The second-order valence-corrected chi connectivity index (χ2v) is 8.84. The smallest absolute Gasteiger partial charge is 0.420 e. The zero-order valence-corrected chi connectivity index (χ0v) is 20.9. The molecule has 6 rings (SSSR count). The Bertz CT molecular complexity index is 1860. The van der Waals surface area contributed by atoms with Crippen molar-refractivity contribution in [1.29, 1.82) is 0 Å². The van der Waals surface area contributed by atoms with E-state index in [9.17, 15) is 31.9 Å². The molecule has 0 unspecified atom stereocenters. The van der Waals surface area contributed by atoms with Gasteiger partial charge in [0.15, 0.2) is 5.65 Å². The highest BCUT2D eigenvalue weighted by molar-refractivity contribution is 6.60. The molecule has 1 fully saturated rings. The topological polar surface area (TPSA) is 118 Å². The number of hydrogen-bond acceptors (Lipinski definition) is 7. The molecule has 14 heteroatoms. The molecule has 1 aliphatic rings. The van der Waals surface area contributed by atoms with Gasteiger partial charge in [0.2, 0.25) is 0 Å². The van der Waals surface area contributed by atoms with Crippen LogP contribution in [0.2, 0.25) is 0 Å². The van der Waals surface area contributed by atoms with E-state index < -0.39 is 46.8 Å². The molecular formula is C28H15F4N5O5. The predicted molar refractivity (Wildman–Crippen MR) is 139 cm³/mol. The number of halogens is 4. The molecule has 1 N–H and O–H groups in total. The van der Waals surface area contributed by atoms with Crippen LogP contribution in [-0.4, -0.2) is 33.0 Å². The molecule has 3 aromatic carbocycles. The highest BCUT2D eigenvalue weighted by Gasteiger charge is 2.47. The van der Waals surface area contributed by atoms with Crippen molar-refractivity contribution in [1.82, 2.24) is 15.2 Å². The first kappa shape index (κ1) is 26.4. The van der Waals surface area contributed by atoms with Gasteiger partial charge in [0.25, 0.3) is 0 Å². The van der Waals surface area contributed by atoms with Crippen LogP contribution in [0, 0.1) is 5.82 Å². The number of pyridine rings is 1. The molecule has 1 aliphatic heterocycles. The summed E-state index contributed by atoms with van der Waals surface area (Å²) in [5, 5.41) is 7.22. The summed E-state index contributed by atoms with van der Waals surface area (Å²) >= 11 is 0. The molecule has 42 heavy (non-hydrogen) atoms. The van der Waals surface area contributed by atoms with Crippen molar-refractivity contribution < 1.29 is 41.4 Å². The summed E-state index contributed by atoms with van der Waals surface area (Å²) in [4.78, 5) is 43.8. The van der Waals surface area contributed by atoms with Crippen LogP contribution in [0.1, 0.15) is 5.56 Å². The average Bonchev–Trinajstić information content (AvgIpc) is 3.53. The third-order valence-corrected chi connectivity index (χ3v) is 6.18. The molecule has 0 radical (unpaired) electrons. The number of nitrogens with zero attached hydrogens (tertiary/aromatic N) is 4. The highest BCUT2D eigenvalue weighted by atomic mass is 19.4. The largest absolute Gasteiger partial charge is 0.457 e. The number of fused-ring (bicyclic) bond motifs is 1. The molecule has 0 bridgehead atoms. The quantitative estimate of drug-likeness (QED) is 0.145. The van der Waals surface area contributed by atoms with Crippen molar-refractivity contribution in [3.05, 3.63) is 96.6 Å². The van der Waals surface area contributed by atoms with Crippen molar-refractivity contribution in [2.24, 2.45) is 0 Å². The molecule has 3 heterocycles. The molecule has 5 aromatic rings. The SMILES string of the molecule is O=C1C(=O)N(c2ccc(Oc3ccc(F)cc3)c(C(F)(F)F)c2)C(=O)N1c1ccc(Oc2ccnc3[nH]ncc23)cc1. The standard InChI is InChI=1S/C28H15F4N5O5/c29-15-1-6-18(7-2-15)42-23-10-5-17(13-21(23)28(30,31)32)37-26(39)25(38)36(27(37)40)16-3-8-19(9-4-16)41-22-11-12-33-24-20(22)14-34-35-24/h1-14H,(H,33,34,35). The van der Waals surface area contributed by atoms with E-state index in [4.69, 9.17) is 9.47 Å². The van der Waals surface area contributed by atoms with E-state index in [1.807, 2.05) is 0 Å². The number of imide groups is 2. The fourth-order valence-corrected chi connectivity index (χ4v) is 4.22. The maximum absolute atomic E-state index is 13.9. The first-order chi connectivity index (χ1) is 20.1. The lowest BCUT2D eigenvalue weighted by molar-refractivity contribution is -0.138. The Morgan fingerprint density at radius 2 is 1.33 bits per heavy atom. The van der Waals surface area contributed by atoms with Crippen molar-refractivity contribution in [3.8, 4) is 23.0 Å². The van der Waals surface area contributed by atoms with Gasteiger partial charge < -0.3 is 9.47 Å². The molecule has 1 saturated heterocycles. The number of hydrogen-bond donors (Lipinski definition) is 1. The number of alkyl halides is 3. The van der Waals surface area contributed by atoms with Gasteiger partial charge in [0, 0.05) is 6.20 Å². The Labute approximate surface area is 232 Å². The monoisotopic (exact) mass is 577 g/mol. The fourth-order valence-electron chi connectivity index (χ4n) is 4.22. The predicted octanol–water partition coefficient (Wildman–Crippen LogP) is 6.20. The summed E-state index contributed by atoms with van der Waals surface area (Å²) in [5.41, 5.74) is -1.33. The average molecular weight is 577 g/mol. The molecule has 0 atom stereocenters. The van der Waals surface area contributed by atoms with Crippen molar-refractivity contribution in [3.63, 3.8) is 0 Å². The van der Waals surface area contributed by atoms with Gasteiger partial charge in [-0.1, -0.05) is 0 Å². The van der Waals surface area contributed by atoms with Gasteiger partial charge in [0.05, 0.1) is 23.0 Å². The number of rotatable bonds is 6. The first-order valence-corrected chi connectivity index (χ1v) is 12.0. The number of amides is 4. The van der Waals surface area contributed by atoms with Gasteiger partial charge in [0.1, 0.15) is 34.4 Å². The van der Waals surface area contributed by atoms with E-state index in [0.717, 1.165) is 36.4 Å². The van der Waals surface area contributed by atoms with Gasteiger partial charge in [-0.2, -0.15) is 18.3 Å². The van der Waals surface area contributed by atoms with Crippen LogP contribution < -0.4 is 19.3 Å². The Morgan fingerprint density at radius 1 is 0.738 bits per heavy atom. The lowest BCUT2D eigenvalue weighted by Gasteiger charge is -2.19. The third-order valence-electron chi connectivity index (χ3n) is 6.18. The highest BCUT2D eigenvalue weighted by Crippen LogP contribution is 2.41. The van der Waals surface area contributed by atoms with Crippen LogP contribution in [0.5, 0.6) is 23.0 Å². The van der Waals surface area contributed by atoms with Crippen LogP contribution in [-0.2, 0) is 15.8 Å². The lowest BCUT2D eigenvalue weighted by Crippen LogP contribution is -2.33. The molecule has 210 valence electrons. The van der Waals surface area contributed by atoms with E-state index in [-0.39, 0.29) is 11.4 Å². The van der Waals surface area contributed by atoms with Gasteiger partial charge >= 0.3 is 24.0 Å². The van der Waals surface area contributed by atoms with Crippen LogP contribution >= 0.6 is 0 Å². The van der Waals surface area contributed by atoms with Crippen LogP contribution in [0.15, 0.2) is 85.2 Å². The Kier molecular flexibility index (Phi) is 6.29. The lowest BCUT2D eigenvalue weighted by atomic mass is 10.1. The van der Waals surface area contributed by atoms with Crippen LogP contribution in [0.25, 0.3) is 11.0 Å². The summed E-state index contributed by atoms with van der Waals surface area (Å²) in [6.07, 6.45) is -1.93. The molecule has 4 amide bonds. The second-order valence-electron chi connectivity index (χ2n) is 8.84. The number of ether oxygens (including phenoxy) is 2. The van der Waals surface area contributed by atoms with Crippen LogP contribution in [0.4, 0.5) is 33.7 Å².